The third-order valence-electron chi connectivity index (χ3n) is 5.39. The van der Waals surface area contributed by atoms with E-state index in [1.54, 1.807) is 12.3 Å². The number of fused-ring (bicyclic) bond motifs is 2. The summed E-state index contributed by atoms with van der Waals surface area (Å²) in [4.78, 5) is 20.6. The van der Waals surface area contributed by atoms with Crippen molar-refractivity contribution in [1.29, 1.82) is 5.26 Å². The van der Waals surface area contributed by atoms with Gasteiger partial charge in [0.05, 0.1) is 23.0 Å². The molecule has 5 rings (SSSR count). The molecule has 29 heavy (non-hydrogen) atoms. The van der Waals surface area contributed by atoms with Gasteiger partial charge in [-0.1, -0.05) is 0 Å². The van der Waals surface area contributed by atoms with Crippen LogP contribution in [-0.2, 0) is 0 Å². The number of likely N-dealkylation sites (N-methyl/N-ethyl adjacent to an activating group) is 1. The number of nitrogens with one attached hydrogen (secondary N) is 1. The molecule has 144 valence electrons. The van der Waals surface area contributed by atoms with Gasteiger partial charge in [0.1, 0.15) is 17.4 Å². The molecule has 0 aromatic carbocycles. The highest BCUT2D eigenvalue weighted by molar-refractivity contribution is 5.78. The molecule has 0 spiro atoms. The van der Waals surface area contributed by atoms with E-state index in [0.717, 1.165) is 47.6 Å². The van der Waals surface area contributed by atoms with Crippen LogP contribution in [0.3, 0.4) is 0 Å². The molecular weight excluding hydrogens is 364 g/mol. The van der Waals surface area contributed by atoms with Crippen LogP contribution in [0.15, 0.2) is 36.8 Å². The number of hydrogen-bond acceptors (Lipinski definition) is 7. The molecule has 1 fully saturated rings. The van der Waals surface area contributed by atoms with Gasteiger partial charge in [0.15, 0.2) is 11.5 Å². The Bertz CT molecular complexity index is 1270. The molecule has 0 radical (unpaired) electrons. The lowest BCUT2D eigenvalue weighted by Crippen LogP contribution is -2.29. The molecule has 1 aliphatic heterocycles. The van der Waals surface area contributed by atoms with Gasteiger partial charge in [-0.3, -0.25) is 0 Å². The van der Waals surface area contributed by atoms with Gasteiger partial charge in [0.25, 0.3) is 0 Å². The highest BCUT2D eigenvalue weighted by atomic mass is 15.2. The monoisotopic (exact) mass is 384 g/mol. The minimum Gasteiger partial charge on any atom is -0.355 e. The maximum atomic E-state index is 9.50. The average Bonchev–Trinajstić information content (AvgIpc) is 3.38. The van der Waals surface area contributed by atoms with Gasteiger partial charge in [-0.2, -0.15) is 5.26 Å². The largest absolute Gasteiger partial charge is 0.355 e. The van der Waals surface area contributed by atoms with Crippen molar-refractivity contribution in [3.05, 3.63) is 48.0 Å². The molecule has 1 aliphatic rings. The quantitative estimate of drug-likeness (QED) is 0.579. The van der Waals surface area contributed by atoms with Gasteiger partial charge >= 0.3 is 0 Å². The molecular formula is C21H20N8. The lowest BCUT2D eigenvalue weighted by molar-refractivity contribution is 0.616. The maximum Gasteiger partial charge on any atom is 0.161 e. The van der Waals surface area contributed by atoms with E-state index < -0.39 is 0 Å². The van der Waals surface area contributed by atoms with Crippen LogP contribution in [0.5, 0.6) is 0 Å². The first-order valence-corrected chi connectivity index (χ1v) is 9.60. The van der Waals surface area contributed by atoms with Gasteiger partial charge in [-0.05, 0) is 38.6 Å². The molecule has 4 aromatic heterocycles. The molecule has 1 atom stereocenters. The molecule has 4 aromatic rings. The Morgan fingerprint density at radius 1 is 1.17 bits per heavy atom. The number of aryl methyl sites for hydroxylation is 1. The second-order valence-corrected chi connectivity index (χ2v) is 7.36. The Morgan fingerprint density at radius 3 is 2.86 bits per heavy atom. The molecule has 5 heterocycles. The van der Waals surface area contributed by atoms with E-state index in [1.165, 1.54) is 0 Å². The fourth-order valence-electron chi connectivity index (χ4n) is 3.86. The van der Waals surface area contributed by atoms with Gasteiger partial charge < -0.3 is 14.6 Å². The zero-order valence-corrected chi connectivity index (χ0v) is 16.3. The molecule has 1 saturated heterocycles. The number of nitriles is 1. The summed E-state index contributed by atoms with van der Waals surface area (Å²) in [7, 11) is 2.00. The predicted molar refractivity (Wildman–Crippen MR) is 111 cm³/mol. The van der Waals surface area contributed by atoms with Gasteiger partial charge in [-0.25, -0.2) is 19.9 Å². The first-order chi connectivity index (χ1) is 14.1. The second kappa shape index (κ2) is 6.79. The summed E-state index contributed by atoms with van der Waals surface area (Å²) in [5.41, 5.74) is 4.32. The number of anilines is 1. The van der Waals surface area contributed by atoms with Crippen LogP contribution in [-0.4, -0.2) is 50.5 Å². The van der Waals surface area contributed by atoms with Crippen molar-refractivity contribution in [3.63, 3.8) is 0 Å². The van der Waals surface area contributed by atoms with Crippen molar-refractivity contribution in [3.8, 4) is 17.5 Å². The molecule has 1 unspecified atom stereocenters. The molecule has 0 aliphatic carbocycles. The lowest BCUT2D eigenvalue weighted by atomic mass is 10.2. The SMILES string of the molecule is CNC1CCN(c2ccc3nc(-c4cc(C#N)c5nc(C)cn5c4)ncc3n2)C1. The van der Waals surface area contributed by atoms with Crippen molar-refractivity contribution in [2.45, 2.75) is 19.4 Å². The smallest absolute Gasteiger partial charge is 0.161 e. The molecule has 8 nitrogen and oxygen atoms in total. The molecule has 0 bridgehead atoms. The summed E-state index contributed by atoms with van der Waals surface area (Å²) < 4.78 is 1.85. The first kappa shape index (κ1) is 17.5. The normalized spacial score (nSPS) is 16.6. The number of pyridine rings is 2. The van der Waals surface area contributed by atoms with Gasteiger partial charge in [0.2, 0.25) is 0 Å². The summed E-state index contributed by atoms with van der Waals surface area (Å²) in [6.07, 6.45) is 6.66. The zero-order valence-electron chi connectivity index (χ0n) is 16.3. The van der Waals surface area contributed by atoms with Crippen LogP contribution in [0.1, 0.15) is 17.7 Å². The maximum absolute atomic E-state index is 9.50. The first-order valence-electron chi connectivity index (χ1n) is 9.60. The van der Waals surface area contributed by atoms with Crippen molar-refractivity contribution < 1.29 is 0 Å². The topological polar surface area (TPSA) is 95.0 Å². The number of rotatable bonds is 3. The van der Waals surface area contributed by atoms with Crippen LogP contribution in [0.4, 0.5) is 5.82 Å². The summed E-state index contributed by atoms with van der Waals surface area (Å²) in [6.45, 7) is 3.85. The molecule has 1 N–H and O–H groups in total. The number of imidazole rings is 1. The van der Waals surface area contributed by atoms with Crippen LogP contribution < -0.4 is 10.2 Å². The number of nitrogens with zero attached hydrogens (tertiary/aromatic N) is 7. The van der Waals surface area contributed by atoms with Crippen LogP contribution in [0, 0.1) is 18.3 Å². The molecule has 0 amide bonds. The van der Waals surface area contributed by atoms with E-state index >= 15 is 0 Å². The van der Waals surface area contributed by atoms with E-state index in [2.05, 4.69) is 31.2 Å². The fraction of sp³-hybridized carbons (Fsp3) is 0.286. The van der Waals surface area contributed by atoms with E-state index in [1.807, 2.05) is 42.9 Å². The summed E-state index contributed by atoms with van der Waals surface area (Å²) in [6, 6.07) is 8.50. The third-order valence-corrected chi connectivity index (χ3v) is 5.39. The summed E-state index contributed by atoms with van der Waals surface area (Å²) in [5, 5.41) is 12.8. The Morgan fingerprint density at radius 2 is 2.07 bits per heavy atom. The standard InChI is InChI=1S/C21H20N8/c1-13-10-29-11-15(7-14(8-22)21(29)25-13)20-24-9-18-17(27-20)3-4-19(26-18)28-6-5-16(12-28)23-2/h3-4,7,9-11,16,23H,5-6,12H2,1-2H3. The zero-order chi connectivity index (χ0) is 20.0. The van der Waals surface area contributed by atoms with Crippen molar-refractivity contribution in [1.82, 2.24) is 29.7 Å². The van der Waals surface area contributed by atoms with Crippen molar-refractivity contribution in [2.75, 3.05) is 25.0 Å². The Hall–Kier alpha value is -3.57. The molecule has 0 saturated carbocycles. The highest BCUT2D eigenvalue weighted by Gasteiger charge is 2.22. The predicted octanol–water partition coefficient (Wildman–Crippen LogP) is 2.32. The minimum absolute atomic E-state index is 0.501. The number of aromatic nitrogens is 5. The highest BCUT2D eigenvalue weighted by Crippen LogP contribution is 2.24. The Balaban J connectivity index is 1.53. The Kier molecular flexibility index (Phi) is 4.11. The molecule has 8 heteroatoms. The third kappa shape index (κ3) is 3.05. The van der Waals surface area contributed by atoms with Crippen molar-refractivity contribution >= 4 is 22.5 Å². The van der Waals surface area contributed by atoms with E-state index in [4.69, 9.17) is 4.98 Å². The summed E-state index contributed by atoms with van der Waals surface area (Å²) in [5.74, 6) is 1.52. The summed E-state index contributed by atoms with van der Waals surface area (Å²) >= 11 is 0. The number of hydrogen-bond donors (Lipinski definition) is 1. The Labute approximate surface area is 167 Å². The average molecular weight is 384 g/mol. The fourth-order valence-corrected chi connectivity index (χ4v) is 3.86. The van der Waals surface area contributed by atoms with Crippen molar-refractivity contribution in [2.24, 2.45) is 0 Å². The lowest BCUT2D eigenvalue weighted by Gasteiger charge is -2.17. The van der Waals surface area contributed by atoms with E-state index in [-0.39, 0.29) is 0 Å². The second-order valence-electron chi connectivity index (χ2n) is 7.36. The van der Waals surface area contributed by atoms with Crippen LogP contribution in [0.25, 0.3) is 28.1 Å². The van der Waals surface area contributed by atoms with E-state index in [0.29, 0.717) is 23.1 Å². The van der Waals surface area contributed by atoms with Crippen LogP contribution >= 0.6 is 0 Å². The van der Waals surface area contributed by atoms with Gasteiger partial charge in [0, 0.05) is 37.1 Å². The van der Waals surface area contributed by atoms with E-state index in [9.17, 15) is 5.26 Å². The van der Waals surface area contributed by atoms with Gasteiger partial charge in [-0.15, -0.1) is 0 Å². The van der Waals surface area contributed by atoms with Crippen LogP contribution in [0.2, 0.25) is 0 Å². The minimum atomic E-state index is 0.501.